The van der Waals surface area contributed by atoms with Gasteiger partial charge in [-0.25, -0.2) is 0 Å². The van der Waals surface area contributed by atoms with Gasteiger partial charge >= 0.3 is 0 Å². The van der Waals surface area contributed by atoms with Gasteiger partial charge in [-0.15, -0.1) is 0 Å². The Morgan fingerprint density at radius 1 is 0.486 bits per heavy atom. The minimum Gasteiger partial charge on any atom is -0.0581 e. The lowest BCUT2D eigenvalue weighted by atomic mass is 9.67. The van der Waals surface area contributed by atoms with Crippen molar-refractivity contribution in [1.82, 2.24) is 0 Å². The van der Waals surface area contributed by atoms with Crippen LogP contribution in [-0.2, 0) is 33.5 Å². The molecule has 196 valence electrons. The van der Waals surface area contributed by atoms with Crippen molar-refractivity contribution in [2.45, 2.75) is 150 Å². The van der Waals surface area contributed by atoms with Gasteiger partial charge < -0.3 is 0 Å². The van der Waals surface area contributed by atoms with Crippen LogP contribution in [0.4, 0.5) is 0 Å². The van der Waals surface area contributed by atoms with Crippen molar-refractivity contribution in [2.75, 3.05) is 0 Å². The summed E-state index contributed by atoms with van der Waals surface area (Å²) in [6.45, 7) is 37.8. The van der Waals surface area contributed by atoms with Crippen LogP contribution in [0.5, 0.6) is 0 Å². The van der Waals surface area contributed by atoms with E-state index in [9.17, 15) is 0 Å². The first-order valence-electron chi connectivity index (χ1n) is 13.8. The summed E-state index contributed by atoms with van der Waals surface area (Å²) in [6, 6.07) is 12.4. The van der Waals surface area contributed by atoms with Crippen molar-refractivity contribution in [3.8, 4) is 0 Å². The molecule has 2 aromatic carbocycles. The van der Waals surface area contributed by atoms with E-state index in [-0.39, 0.29) is 27.1 Å². The second-order valence-electron chi connectivity index (χ2n) is 16.3. The lowest BCUT2D eigenvalue weighted by Gasteiger charge is -2.37. The van der Waals surface area contributed by atoms with E-state index in [1.807, 2.05) is 0 Å². The molecule has 0 N–H and O–H groups in total. The minimum absolute atomic E-state index is 0.105. The molecule has 0 heterocycles. The van der Waals surface area contributed by atoms with Gasteiger partial charge in [0.1, 0.15) is 0 Å². The highest BCUT2D eigenvalue weighted by molar-refractivity contribution is 5.50. The van der Waals surface area contributed by atoms with Crippen LogP contribution in [0.2, 0.25) is 0 Å². The van der Waals surface area contributed by atoms with Crippen molar-refractivity contribution >= 4 is 0 Å². The Morgan fingerprint density at radius 2 is 0.857 bits per heavy atom. The molecule has 0 aliphatic carbocycles. The Morgan fingerprint density at radius 3 is 1.14 bits per heavy atom. The number of hydrogen-bond acceptors (Lipinski definition) is 0. The molecular formula is C35H56. The molecule has 1 unspecified atom stereocenters. The molecule has 0 amide bonds. The second kappa shape index (κ2) is 9.39. The zero-order valence-corrected chi connectivity index (χ0v) is 26.2. The number of benzene rings is 2. The van der Waals surface area contributed by atoms with Crippen LogP contribution in [0.15, 0.2) is 30.3 Å². The Labute approximate surface area is 219 Å². The van der Waals surface area contributed by atoms with Gasteiger partial charge in [0.25, 0.3) is 0 Å². The number of hydrogen-bond donors (Lipinski definition) is 0. The summed E-state index contributed by atoms with van der Waals surface area (Å²) in [4.78, 5) is 0. The third kappa shape index (κ3) is 7.24. The van der Waals surface area contributed by atoms with Gasteiger partial charge in [0.05, 0.1) is 0 Å². The van der Waals surface area contributed by atoms with Crippen LogP contribution in [0.25, 0.3) is 0 Å². The summed E-state index contributed by atoms with van der Waals surface area (Å²) in [6.07, 6.45) is 1.06. The highest BCUT2D eigenvalue weighted by Crippen LogP contribution is 2.42. The molecule has 0 fully saturated rings. The third-order valence-electron chi connectivity index (χ3n) is 7.36. The minimum atomic E-state index is 0.105. The van der Waals surface area contributed by atoms with Crippen molar-refractivity contribution in [1.29, 1.82) is 0 Å². The van der Waals surface area contributed by atoms with E-state index in [1.54, 1.807) is 5.56 Å². The van der Waals surface area contributed by atoms with Crippen LogP contribution in [0, 0.1) is 0 Å². The summed E-state index contributed by atoms with van der Waals surface area (Å²) >= 11 is 0. The molecule has 0 nitrogen and oxygen atoms in total. The SMILES string of the molecule is CC(Cc1cc(C(C)(C)C)c(C(C)(C)C)c(C(C)(C)C)c1)c1cc(C(C)(C)C)cc(C(C)(C)C)c1. The summed E-state index contributed by atoms with van der Waals surface area (Å²) in [5.74, 6) is 0.458. The van der Waals surface area contributed by atoms with Gasteiger partial charge in [0, 0.05) is 0 Å². The highest BCUT2D eigenvalue weighted by Gasteiger charge is 2.32. The molecule has 0 heteroatoms. The normalized spacial score (nSPS) is 14.9. The fourth-order valence-electron chi connectivity index (χ4n) is 5.08. The first-order chi connectivity index (χ1) is 15.4. The standard InChI is InChI=1S/C35H56/c1-23(25-20-26(31(2,3)4)22-27(21-25)32(5,6)7)17-24-18-28(33(8,9)10)30(35(14,15)16)29(19-24)34(11,12)13/h18-23H,17H2,1-16H3. The van der Waals surface area contributed by atoms with E-state index in [4.69, 9.17) is 0 Å². The van der Waals surface area contributed by atoms with Gasteiger partial charge in [-0.1, -0.05) is 141 Å². The quantitative estimate of drug-likeness (QED) is 0.413. The molecule has 35 heavy (non-hydrogen) atoms. The first-order valence-corrected chi connectivity index (χ1v) is 13.8. The largest absolute Gasteiger partial charge is 0.0581 e. The van der Waals surface area contributed by atoms with Crippen LogP contribution < -0.4 is 0 Å². The molecule has 0 saturated heterocycles. The average molecular weight is 477 g/mol. The van der Waals surface area contributed by atoms with Gasteiger partial charge in [-0.05, 0) is 78.4 Å². The first kappa shape index (κ1) is 29.7. The van der Waals surface area contributed by atoms with E-state index in [2.05, 4.69) is 141 Å². The molecule has 2 aromatic rings. The molecular weight excluding hydrogens is 420 g/mol. The van der Waals surface area contributed by atoms with Crippen molar-refractivity contribution in [3.05, 3.63) is 69.3 Å². The fourth-order valence-corrected chi connectivity index (χ4v) is 5.08. The lowest BCUT2D eigenvalue weighted by Crippen LogP contribution is -2.28. The van der Waals surface area contributed by atoms with Gasteiger partial charge in [0.15, 0.2) is 0 Å². The van der Waals surface area contributed by atoms with E-state index >= 15 is 0 Å². The van der Waals surface area contributed by atoms with Gasteiger partial charge in [-0.2, -0.15) is 0 Å². The molecule has 2 rings (SSSR count). The molecule has 0 spiro atoms. The Kier molecular flexibility index (Phi) is 7.96. The molecule has 0 bridgehead atoms. The maximum atomic E-state index is 2.53. The lowest BCUT2D eigenvalue weighted by molar-refractivity contribution is 0.496. The molecule has 1 atom stereocenters. The van der Waals surface area contributed by atoms with Gasteiger partial charge in [-0.3, -0.25) is 0 Å². The predicted octanol–water partition coefficient (Wildman–Crippen LogP) is 10.5. The van der Waals surface area contributed by atoms with E-state index in [1.165, 1.54) is 33.4 Å². The maximum Gasteiger partial charge on any atom is -0.0126 e. The fraction of sp³-hybridized carbons (Fsp3) is 0.657. The number of rotatable bonds is 3. The van der Waals surface area contributed by atoms with Crippen LogP contribution >= 0.6 is 0 Å². The summed E-state index contributed by atoms with van der Waals surface area (Å²) < 4.78 is 0. The zero-order chi connectivity index (χ0) is 27.4. The maximum absolute atomic E-state index is 2.53. The zero-order valence-electron chi connectivity index (χ0n) is 26.2. The Hall–Kier alpha value is -1.56. The second-order valence-corrected chi connectivity index (χ2v) is 16.3. The molecule has 0 saturated carbocycles. The Bertz CT molecular complexity index is 961. The molecule has 0 aliphatic rings. The predicted molar refractivity (Wildman–Crippen MR) is 159 cm³/mol. The van der Waals surface area contributed by atoms with E-state index in [0.29, 0.717) is 5.92 Å². The monoisotopic (exact) mass is 476 g/mol. The van der Waals surface area contributed by atoms with Crippen molar-refractivity contribution < 1.29 is 0 Å². The van der Waals surface area contributed by atoms with E-state index in [0.717, 1.165) is 6.42 Å². The van der Waals surface area contributed by atoms with Crippen LogP contribution in [0.3, 0.4) is 0 Å². The van der Waals surface area contributed by atoms with Crippen LogP contribution in [0.1, 0.15) is 156 Å². The summed E-state index contributed by atoms with van der Waals surface area (Å²) in [5.41, 5.74) is 11.0. The van der Waals surface area contributed by atoms with E-state index < -0.39 is 0 Å². The topological polar surface area (TPSA) is 0 Å². The van der Waals surface area contributed by atoms with Crippen LogP contribution in [-0.4, -0.2) is 0 Å². The molecule has 0 aliphatic heterocycles. The molecule has 0 aromatic heterocycles. The molecule has 0 radical (unpaired) electrons. The Balaban J connectivity index is 2.70. The summed E-state index contributed by atoms with van der Waals surface area (Å²) in [7, 11) is 0. The average Bonchev–Trinajstić information content (AvgIpc) is 2.63. The third-order valence-corrected chi connectivity index (χ3v) is 7.36. The van der Waals surface area contributed by atoms with Crippen molar-refractivity contribution in [3.63, 3.8) is 0 Å². The highest BCUT2D eigenvalue weighted by atomic mass is 14.4. The van der Waals surface area contributed by atoms with Gasteiger partial charge in [0.2, 0.25) is 0 Å². The summed E-state index contributed by atoms with van der Waals surface area (Å²) in [5, 5.41) is 0. The smallest absolute Gasteiger partial charge is 0.0126 e. The van der Waals surface area contributed by atoms with Crippen molar-refractivity contribution in [2.24, 2.45) is 0 Å².